The third-order valence-corrected chi connectivity index (χ3v) is 3.44. The molecule has 4 heteroatoms. The van der Waals surface area contributed by atoms with E-state index in [1.165, 1.54) is 11.8 Å². The minimum Gasteiger partial charge on any atom is -0.489 e. The van der Waals surface area contributed by atoms with Crippen LogP contribution in [0.3, 0.4) is 0 Å². The van der Waals surface area contributed by atoms with Gasteiger partial charge in [-0.3, -0.25) is 0 Å². The predicted molar refractivity (Wildman–Crippen MR) is 75.2 cm³/mol. The van der Waals surface area contributed by atoms with E-state index >= 15 is 0 Å². The zero-order chi connectivity index (χ0) is 12.3. The maximum absolute atomic E-state index is 10.4. The van der Waals surface area contributed by atoms with E-state index in [-0.39, 0.29) is 14.0 Å². The standard InChI is InChI=1S/C13H12O3S.CH4/c1-9-12(6-16-7-13(14)15)11-5-3-2-4-10(11)8-17-9;/h2-6H,1,7-8H2,(H,14,15);1H4/b12-6-;. The number of rotatable bonds is 3. The van der Waals surface area contributed by atoms with Crippen molar-refractivity contribution in [2.75, 3.05) is 6.61 Å². The highest BCUT2D eigenvalue weighted by Gasteiger charge is 2.17. The SMILES string of the molecule is C.C=C1SCc2ccccc2/C1=C\OCC(=O)O. The summed E-state index contributed by atoms with van der Waals surface area (Å²) in [4.78, 5) is 11.3. The van der Waals surface area contributed by atoms with Crippen molar-refractivity contribution < 1.29 is 14.6 Å². The van der Waals surface area contributed by atoms with Gasteiger partial charge in [-0.1, -0.05) is 38.3 Å². The van der Waals surface area contributed by atoms with Crippen LogP contribution in [0.5, 0.6) is 0 Å². The van der Waals surface area contributed by atoms with Crippen LogP contribution in [0.25, 0.3) is 5.57 Å². The Morgan fingerprint density at radius 3 is 2.94 bits per heavy atom. The molecule has 0 aliphatic carbocycles. The summed E-state index contributed by atoms with van der Waals surface area (Å²) in [7, 11) is 0. The van der Waals surface area contributed by atoms with E-state index in [0.717, 1.165) is 21.8 Å². The average molecular weight is 264 g/mol. The molecular weight excluding hydrogens is 248 g/mol. The summed E-state index contributed by atoms with van der Waals surface area (Å²) in [6, 6.07) is 7.99. The highest BCUT2D eigenvalue weighted by atomic mass is 32.2. The van der Waals surface area contributed by atoms with Crippen LogP contribution in [0.2, 0.25) is 0 Å². The van der Waals surface area contributed by atoms with Gasteiger partial charge in [-0.15, -0.1) is 11.8 Å². The number of thioether (sulfide) groups is 1. The summed E-state index contributed by atoms with van der Waals surface area (Å²) >= 11 is 1.64. The zero-order valence-corrected chi connectivity index (χ0v) is 10.00. The summed E-state index contributed by atoms with van der Waals surface area (Å²) in [5.74, 6) is -0.0881. The van der Waals surface area contributed by atoms with Crippen molar-refractivity contribution >= 4 is 23.3 Å². The molecule has 0 saturated carbocycles. The molecule has 96 valence electrons. The average Bonchev–Trinajstić information content (AvgIpc) is 2.32. The van der Waals surface area contributed by atoms with E-state index in [2.05, 4.69) is 12.6 Å². The molecule has 1 aliphatic rings. The number of fused-ring (bicyclic) bond motifs is 1. The molecule has 1 aliphatic heterocycles. The second-order valence-electron chi connectivity index (χ2n) is 3.61. The van der Waals surface area contributed by atoms with Crippen molar-refractivity contribution in [3.8, 4) is 0 Å². The van der Waals surface area contributed by atoms with Crippen LogP contribution in [-0.4, -0.2) is 17.7 Å². The third kappa shape index (κ3) is 3.17. The molecule has 0 fully saturated rings. The number of aliphatic carboxylic acids is 1. The first-order valence-corrected chi connectivity index (χ1v) is 6.11. The number of hydrogen-bond acceptors (Lipinski definition) is 3. The van der Waals surface area contributed by atoms with E-state index in [4.69, 9.17) is 9.84 Å². The normalized spacial score (nSPS) is 15.8. The van der Waals surface area contributed by atoms with Crippen molar-refractivity contribution in [3.05, 3.63) is 53.1 Å². The minimum atomic E-state index is -0.982. The maximum atomic E-state index is 10.4. The van der Waals surface area contributed by atoms with E-state index in [1.54, 1.807) is 11.8 Å². The number of carboxylic acids is 1. The van der Waals surface area contributed by atoms with Crippen LogP contribution in [-0.2, 0) is 15.3 Å². The molecule has 18 heavy (non-hydrogen) atoms. The largest absolute Gasteiger partial charge is 0.489 e. The summed E-state index contributed by atoms with van der Waals surface area (Å²) < 4.78 is 5.03. The first kappa shape index (κ1) is 14.4. The molecule has 1 aromatic carbocycles. The molecule has 0 aromatic heterocycles. The number of benzene rings is 1. The van der Waals surface area contributed by atoms with Gasteiger partial charge < -0.3 is 9.84 Å². The molecule has 0 amide bonds. The summed E-state index contributed by atoms with van der Waals surface area (Å²) in [5, 5.41) is 8.52. The van der Waals surface area contributed by atoms with E-state index in [1.807, 2.05) is 18.2 Å². The van der Waals surface area contributed by atoms with Gasteiger partial charge in [0.05, 0.1) is 6.26 Å². The number of ether oxygens (including phenoxy) is 1. The van der Waals surface area contributed by atoms with Gasteiger partial charge in [-0.05, 0) is 11.1 Å². The second-order valence-corrected chi connectivity index (χ2v) is 4.68. The Labute approximate surface area is 111 Å². The zero-order valence-electron chi connectivity index (χ0n) is 9.18. The van der Waals surface area contributed by atoms with Gasteiger partial charge >= 0.3 is 5.97 Å². The molecule has 0 radical (unpaired) electrons. The van der Waals surface area contributed by atoms with Crippen LogP contribution in [0.4, 0.5) is 0 Å². The summed E-state index contributed by atoms with van der Waals surface area (Å²) in [5.41, 5.74) is 3.16. The molecular formula is C14H16O3S. The van der Waals surface area contributed by atoms with Crippen LogP contribution >= 0.6 is 11.8 Å². The lowest BCUT2D eigenvalue weighted by Crippen LogP contribution is -2.05. The van der Waals surface area contributed by atoms with E-state index in [0.29, 0.717) is 0 Å². The number of carbonyl (C=O) groups is 1. The minimum absolute atomic E-state index is 0. The van der Waals surface area contributed by atoms with Gasteiger partial charge in [-0.2, -0.15) is 0 Å². The number of allylic oxidation sites excluding steroid dienone is 1. The summed E-state index contributed by atoms with van der Waals surface area (Å²) in [6.45, 7) is 3.63. The molecule has 1 heterocycles. The van der Waals surface area contributed by atoms with Gasteiger partial charge in [0, 0.05) is 16.2 Å². The fourth-order valence-electron chi connectivity index (χ4n) is 1.63. The molecule has 2 rings (SSSR count). The Kier molecular flexibility index (Phi) is 5.04. The lowest BCUT2D eigenvalue weighted by Gasteiger charge is -2.20. The van der Waals surface area contributed by atoms with Crippen molar-refractivity contribution in [2.45, 2.75) is 13.2 Å². The highest BCUT2D eigenvalue weighted by Crippen LogP contribution is 2.40. The Hall–Kier alpha value is -1.68. The van der Waals surface area contributed by atoms with Crippen molar-refractivity contribution in [1.82, 2.24) is 0 Å². The van der Waals surface area contributed by atoms with Crippen molar-refractivity contribution in [3.63, 3.8) is 0 Å². The second kappa shape index (κ2) is 6.31. The lowest BCUT2D eigenvalue weighted by atomic mass is 10.0. The van der Waals surface area contributed by atoms with Crippen LogP contribution < -0.4 is 0 Å². The molecule has 3 nitrogen and oxygen atoms in total. The van der Waals surface area contributed by atoms with Gasteiger partial charge in [0.2, 0.25) is 0 Å². The quantitative estimate of drug-likeness (QED) is 0.848. The lowest BCUT2D eigenvalue weighted by molar-refractivity contribution is -0.140. The van der Waals surface area contributed by atoms with Crippen molar-refractivity contribution in [2.24, 2.45) is 0 Å². The fourth-order valence-corrected chi connectivity index (χ4v) is 2.52. The van der Waals surface area contributed by atoms with Crippen molar-refractivity contribution in [1.29, 1.82) is 0 Å². The first-order valence-electron chi connectivity index (χ1n) is 5.12. The Balaban J connectivity index is 0.00000162. The molecule has 1 N–H and O–H groups in total. The van der Waals surface area contributed by atoms with Crippen LogP contribution in [0, 0.1) is 0 Å². The first-order chi connectivity index (χ1) is 8.18. The Morgan fingerprint density at radius 2 is 2.22 bits per heavy atom. The molecule has 0 spiro atoms. The van der Waals surface area contributed by atoms with Crippen LogP contribution in [0.1, 0.15) is 18.6 Å². The Bertz CT molecular complexity index is 492. The van der Waals surface area contributed by atoms with Gasteiger partial charge in [0.25, 0.3) is 0 Å². The van der Waals surface area contributed by atoms with E-state index < -0.39 is 5.97 Å². The summed E-state index contributed by atoms with van der Waals surface area (Å²) in [6.07, 6.45) is 1.49. The van der Waals surface area contributed by atoms with Gasteiger partial charge in [0.15, 0.2) is 6.61 Å². The van der Waals surface area contributed by atoms with E-state index in [9.17, 15) is 4.79 Å². The number of carboxylic acid groups (broad SMARTS) is 1. The van der Waals surface area contributed by atoms with Gasteiger partial charge in [0.1, 0.15) is 0 Å². The monoisotopic (exact) mass is 264 g/mol. The fraction of sp³-hybridized carbons (Fsp3) is 0.214. The third-order valence-electron chi connectivity index (χ3n) is 2.42. The highest BCUT2D eigenvalue weighted by molar-refractivity contribution is 8.03. The molecule has 0 unspecified atom stereocenters. The number of hydrogen-bond donors (Lipinski definition) is 1. The molecule has 1 aromatic rings. The topological polar surface area (TPSA) is 46.5 Å². The van der Waals surface area contributed by atoms with Crippen LogP contribution in [0.15, 0.2) is 42.0 Å². The smallest absolute Gasteiger partial charge is 0.341 e. The van der Waals surface area contributed by atoms with Gasteiger partial charge in [-0.25, -0.2) is 4.79 Å². The molecule has 0 saturated heterocycles. The molecule has 0 atom stereocenters. The Morgan fingerprint density at radius 1 is 1.50 bits per heavy atom. The molecule has 0 bridgehead atoms. The maximum Gasteiger partial charge on any atom is 0.341 e. The predicted octanol–water partition coefficient (Wildman–Crippen LogP) is 3.53.